The number of nitrogens with zero attached hydrogens (tertiary/aromatic N) is 3. The second-order valence-corrected chi connectivity index (χ2v) is 9.15. The lowest BCUT2D eigenvalue weighted by atomic mass is 9.79. The Morgan fingerprint density at radius 1 is 1.21 bits per heavy atom. The van der Waals surface area contributed by atoms with Gasteiger partial charge in [0.1, 0.15) is 5.75 Å². The van der Waals surface area contributed by atoms with Crippen LogP contribution in [-0.2, 0) is 0 Å². The maximum atomic E-state index is 12.6. The third kappa shape index (κ3) is 4.51. The van der Waals surface area contributed by atoms with E-state index in [-0.39, 0.29) is 11.4 Å². The Morgan fingerprint density at radius 3 is 2.55 bits per heavy atom. The van der Waals surface area contributed by atoms with Crippen LogP contribution in [0.4, 0.5) is 5.69 Å². The van der Waals surface area contributed by atoms with E-state index in [2.05, 4.69) is 55.3 Å². The van der Waals surface area contributed by atoms with Crippen molar-refractivity contribution in [3.63, 3.8) is 0 Å². The molecule has 0 saturated carbocycles. The molecule has 1 atom stereocenters. The molecule has 0 saturated heterocycles. The number of carbonyl (C=O) groups is 1. The Morgan fingerprint density at radius 2 is 1.91 bits per heavy atom. The second kappa shape index (κ2) is 9.14. The van der Waals surface area contributed by atoms with Crippen molar-refractivity contribution < 1.29 is 9.53 Å². The molecule has 0 radical (unpaired) electrons. The molecule has 1 aliphatic heterocycles. The summed E-state index contributed by atoms with van der Waals surface area (Å²) in [5, 5.41) is 4.22. The minimum absolute atomic E-state index is 0.0899. The number of carbonyl (C=O) groups excluding carboxylic acids is 1. The first-order valence-corrected chi connectivity index (χ1v) is 11.4. The zero-order chi connectivity index (χ0) is 23.6. The molecule has 4 rings (SSSR count). The topological polar surface area (TPSA) is 58.9 Å². The number of rotatable bonds is 6. The van der Waals surface area contributed by atoms with Crippen LogP contribution in [0.5, 0.6) is 5.75 Å². The van der Waals surface area contributed by atoms with Crippen molar-refractivity contribution in [2.75, 3.05) is 18.6 Å². The average Bonchev–Trinajstić information content (AvgIpc) is 3.33. The van der Waals surface area contributed by atoms with Gasteiger partial charge in [-0.05, 0) is 81.1 Å². The van der Waals surface area contributed by atoms with Crippen molar-refractivity contribution in [3.05, 3.63) is 77.6 Å². The fourth-order valence-electron chi connectivity index (χ4n) is 4.92. The van der Waals surface area contributed by atoms with Gasteiger partial charge in [-0.25, -0.2) is 5.43 Å². The van der Waals surface area contributed by atoms with Gasteiger partial charge in [-0.1, -0.05) is 6.92 Å². The van der Waals surface area contributed by atoms with Gasteiger partial charge >= 0.3 is 0 Å². The fourth-order valence-corrected chi connectivity index (χ4v) is 4.92. The fraction of sp³-hybridized carbons (Fsp3) is 0.333. The maximum absolute atomic E-state index is 12.6. The Labute approximate surface area is 195 Å². The number of hydrazone groups is 1. The molecule has 1 N–H and O–H groups in total. The second-order valence-electron chi connectivity index (χ2n) is 9.15. The first-order chi connectivity index (χ1) is 15.8. The largest absolute Gasteiger partial charge is 0.496 e. The lowest BCUT2D eigenvalue weighted by molar-refractivity contribution is 0.0955. The van der Waals surface area contributed by atoms with Crippen LogP contribution in [0.1, 0.15) is 61.5 Å². The van der Waals surface area contributed by atoms with Gasteiger partial charge < -0.3 is 14.2 Å². The van der Waals surface area contributed by atoms with Gasteiger partial charge in [-0.15, -0.1) is 0 Å². The van der Waals surface area contributed by atoms with E-state index < -0.39 is 0 Å². The minimum Gasteiger partial charge on any atom is -0.496 e. The van der Waals surface area contributed by atoms with Crippen LogP contribution >= 0.6 is 0 Å². The van der Waals surface area contributed by atoms with Gasteiger partial charge in [0.15, 0.2) is 0 Å². The zero-order valence-electron chi connectivity index (χ0n) is 20.0. The van der Waals surface area contributed by atoms with E-state index in [0.29, 0.717) is 11.5 Å². The highest BCUT2D eigenvalue weighted by molar-refractivity contribution is 5.95. The molecule has 6 heteroatoms. The molecular weight excluding hydrogens is 412 g/mol. The molecule has 172 valence electrons. The van der Waals surface area contributed by atoms with Gasteiger partial charge in [-0.3, -0.25) is 4.79 Å². The van der Waals surface area contributed by atoms with Crippen LogP contribution in [-0.4, -0.2) is 35.9 Å². The number of amides is 1. The van der Waals surface area contributed by atoms with Crippen molar-refractivity contribution in [2.45, 2.75) is 45.6 Å². The predicted molar refractivity (Wildman–Crippen MR) is 134 cm³/mol. The monoisotopic (exact) mass is 444 g/mol. The lowest BCUT2D eigenvalue weighted by Crippen LogP contribution is -2.48. The number of anilines is 1. The smallest absolute Gasteiger partial charge is 0.271 e. The van der Waals surface area contributed by atoms with Gasteiger partial charge in [0.05, 0.1) is 13.3 Å². The van der Waals surface area contributed by atoms with Crippen molar-refractivity contribution in [2.24, 2.45) is 5.10 Å². The van der Waals surface area contributed by atoms with E-state index in [9.17, 15) is 4.79 Å². The normalized spacial score (nSPS) is 17.1. The molecule has 1 unspecified atom stereocenters. The van der Waals surface area contributed by atoms with Crippen LogP contribution in [0.3, 0.4) is 0 Å². The highest BCUT2D eigenvalue weighted by Gasteiger charge is 2.36. The predicted octanol–water partition coefficient (Wildman–Crippen LogP) is 5.36. The molecule has 1 aromatic heterocycles. The van der Waals surface area contributed by atoms with Crippen molar-refractivity contribution >= 4 is 17.8 Å². The molecule has 0 aliphatic carbocycles. The molecule has 0 bridgehead atoms. The van der Waals surface area contributed by atoms with E-state index in [1.165, 1.54) is 11.3 Å². The molecule has 3 aromatic rings. The van der Waals surface area contributed by atoms with Crippen LogP contribution in [0.25, 0.3) is 5.69 Å². The quantitative estimate of drug-likeness (QED) is 0.411. The number of hydrogen-bond acceptors (Lipinski definition) is 4. The summed E-state index contributed by atoms with van der Waals surface area (Å²) in [6.45, 7) is 9.96. The van der Waals surface area contributed by atoms with E-state index in [1.54, 1.807) is 25.5 Å². The summed E-state index contributed by atoms with van der Waals surface area (Å²) in [6.07, 6.45) is 6.67. The molecule has 1 amide bonds. The van der Waals surface area contributed by atoms with Crippen molar-refractivity contribution in [3.8, 4) is 11.4 Å². The summed E-state index contributed by atoms with van der Waals surface area (Å²) in [4.78, 5) is 15.0. The van der Waals surface area contributed by atoms with E-state index in [0.717, 1.165) is 30.0 Å². The summed E-state index contributed by atoms with van der Waals surface area (Å²) < 4.78 is 7.66. The van der Waals surface area contributed by atoms with Crippen molar-refractivity contribution in [1.29, 1.82) is 0 Å². The number of hydrogen-bond donors (Lipinski definition) is 1. The Bertz CT molecular complexity index is 1150. The number of benzene rings is 2. The first-order valence-electron chi connectivity index (χ1n) is 11.4. The summed E-state index contributed by atoms with van der Waals surface area (Å²) in [7, 11) is 1.66. The number of nitrogens with one attached hydrogen (secondary N) is 1. The lowest BCUT2D eigenvalue weighted by Gasteiger charge is -2.47. The maximum Gasteiger partial charge on any atom is 0.271 e. The standard InChI is InChI=1S/C27H32N4O2/c1-6-31-24-16-25(33-5)21(15-23(24)19(2)17-27(31,3)4)18-28-29-26(32)20-9-11-22(12-10-20)30-13-7-8-14-30/h7-16,18-19H,6,17H2,1-5H3,(H,29,32)/b28-18+. The van der Waals surface area contributed by atoms with E-state index in [1.807, 2.05) is 41.2 Å². The summed E-state index contributed by atoms with van der Waals surface area (Å²) in [6, 6.07) is 15.6. The number of aromatic nitrogens is 1. The molecule has 1 aliphatic rings. The molecule has 33 heavy (non-hydrogen) atoms. The molecule has 0 spiro atoms. The van der Waals surface area contributed by atoms with Gasteiger partial charge in [0, 0.05) is 53.0 Å². The third-order valence-corrected chi connectivity index (χ3v) is 6.46. The van der Waals surface area contributed by atoms with E-state index in [4.69, 9.17) is 4.74 Å². The molecule has 6 nitrogen and oxygen atoms in total. The first kappa shape index (κ1) is 22.6. The minimum atomic E-state index is -0.255. The number of fused-ring (bicyclic) bond motifs is 1. The SMILES string of the molecule is CCN1c2cc(OC)c(/C=N/NC(=O)c3ccc(-n4cccc4)cc3)cc2C(C)CC1(C)C. The number of ether oxygens (including phenoxy) is 1. The van der Waals surface area contributed by atoms with Crippen LogP contribution in [0.15, 0.2) is 66.0 Å². The summed E-state index contributed by atoms with van der Waals surface area (Å²) in [5.41, 5.74) is 7.62. The van der Waals surface area contributed by atoms with E-state index >= 15 is 0 Å². The molecule has 2 heterocycles. The van der Waals surface area contributed by atoms with Crippen LogP contribution in [0, 0.1) is 0 Å². The van der Waals surface area contributed by atoms with Gasteiger partial charge in [-0.2, -0.15) is 5.10 Å². The summed E-state index contributed by atoms with van der Waals surface area (Å²) >= 11 is 0. The molecule has 0 fully saturated rings. The highest BCUT2D eigenvalue weighted by atomic mass is 16.5. The van der Waals surface area contributed by atoms with Crippen LogP contribution in [0.2, 0.25) is 0 Å². The number of methoxy groups -OCH3 is 1. The average molecular weight is 445 g/mol. The molecule has 2 aromatic carbocycles. The highest BCUT2D eigenvalue weighted by Crippen LogP contribution is 2.45. The van der Waals surface area contributed by atoms with Crippen LogP contribution < -0.4 is 15.1 Å². The Kier molecular flexibility index (Phi) is 6.27. The Balaban J connectivity index is 1.52. The van der Waals surface area contributed by atoms with Gasteiger partial charge in [0.25, 0.3) is 5.91 Å². The third-order valence-electron chi connectivity index (χ3n) is 6.46. The van der Waals surface area contributed by atoms with Gasteiger partial charge in [0.2, 0.25) is 0 Å². The zero-order valence-corrected chi connectivity index (χ0v) is 20.0. The molecular formula is C27H32N4O2. The summed E-state index contributed by atoms with van der Waals surface area (Å²) in [5.74, 6) is 0.907. The van der Waals surface area contributed by atoms with Crippen molar-refractivity contribution in [1.82, 2.24) is 9.99 Å². The Hall–Kier alpha value is -3.54.